The molecule has 94 valence electrons. The van der Waals surface area contributed by atoms with Crippen LogP contribution in [-0.4, -0.2) is 21.5 Å². The van der Waals surface area contributed by atoms with Gasteiger partial charge < -0.3 is 11.1 Å². The maximum absolute atomic E-state index is 5.93. The molecule has 1 atom stereocenters. The number of hydrogen-bond acceptors (Lipinski definition) is 5. The largest absolute Gasteiger partial charge is 0.383 e. The number of nitrogen functional groups attached to an aromatic ring is 1. The van der Waals surface area contributed by atoms with Crippen LogP contribution in [0.15, 0.2) is 36.9 Å². The predicted molar refractivity (Wildman–Crippen MR) is 70.8 cm³/mol. The van der Waals surface area contributed by atoms with Crippen molar-refractivity contribution in [2.45, 2.75) is 19.4 Å². The van der Waals surface area contributed by atoms with Gasteiger partial charge >= 0.3 is 0 Å². The van der Waals surface area contributed by atoms with E-state index >= 15 is 0 Å². The van der Waals surface area contributed by atoms with Crippen molar-refractivity contribution in [3.63, 3.8) is 0 Å². The lowest BCUT2D eigenvalue weighted by Gasteiger charge is -2.19. The summed E-state index contributed by atoms with van der Waals surface area (Å²) in [5, 5.41) is 3.42. The maximum atomic E-state index is 5.93. The topological polar surface area (TPSA) is 76.7 Å². The molecular weight excluding hydrogens is 226 g/mol. The van der Waals surface area contributed by atoms with Crippen LogP contribution in [0.3, 0.4) is 0 Å². The van der Waals surface area contributed by atoms with E-state index in [4.69, 9.17) is 5.73 Å². The summed E-state index contributed by atoms with van der Waals surface area (Å²) in [6.45, 7) is 3.00. The van der Waals surface area contributed by atoms with Crippen molar-refractivity contribution in [1.82, 2.24) is 20.3 Å². The molecule has 0 aliphatic heterocycles. The molecule has 0 aliphatic carbocycles. The van der Waals surface area contributed by atoms with Gasteiger partial charge in [0, 0.05) is 24.2 Å². The van der Waals surface area contributed by atoms with E-state index in [0.29, 0.717) is 5.82 Å². The second-order valence-electron chi connectivity index (χ2n) is 4.00. The van der Waals surface area contributed by atoms with Gasteiger partial charge in [0.2, 0.25) is 0 Å². The van der Waals surface area contributed by atoms with Crippen LogP contribution in [0.4, 0.5) is 5.82 Å². The summed E-state index contributed by atoms with van der Waals surface area (Å²) in [5.74, 6) is 0.525. The molecular formula is C13H17N5. The van der Waals surface area contributed by atoms with Crippen LogP contribution in [0, 0.1) is 0 Å². The fraction of sp³-hybridized carbons (Fsp3) is 0.308. The summed E-state index contributed by atoms with van der Waals surface area (Å²) in [7, 11) is 0. The summed E-state index contributed by atoms with van der Waals surface area (Å²) in [6, 6.07) is 3.78. The van der Waals surface area contributed by atoms with Crippen LogP contribution in [0.25, 0.3) is 0 Å². The van der Waals surface area contributed by atoms with Crippen molar-refractivity contribution < 1.29 is 0 Å². The average molecular weight is 243 g/mol. The Hall–Kier alpha value is -2.01. The summed E-state index contributed by atoms with van der Waals surface area (Å²) in [4.78, 5) is 12.6. The molecule has 0 bridgehead atoms. The van der Waals surface area contributed by atoms with Gasteiger partial charge in [-0.25, -0.2) is 4.98 Å². The Morgan fingerprint density at radius 3 is 2.83 bits per heavy atom. The maximum Gasteiger partial charge on any atom is 0.128 e. The highest BCUT2D eigenvalue weighted by Gasteiger charge is 2.17. The lowest BCUT2D eigenvalue weighted by molar-refractivity contribution is 0.584. The molecule has 0 amide bonds. The van der Waals surface area contributed by atoms with Crippen molar-refractivity contribution >= 4 is 5.82 Å². The van der Waals surface area contributed by atoms with Crippen LogP contribution in [0.2, 0.25) is 0 Å². The van der Waals surface area contributed by atoms with E-state index in [9.17, 15) is 0 Å². The van der Waals surface area contributed by atoms with Crippen LogP contribution < -0.4 is 11.1 Å². The van der Waals surface area contributed by atoms with E-state index < -0.39 is 0 Å². The third-order valence-electron chi connectivity index (χ3n) is 2.66. The summed E-state index contributed by atoms with van der Waals surface area (Å²) >= 11 is 0. The highest BCUT2D eigenvalue weighted by Crippen LogP contribution is 2.23. The van der Waals surface area contributed by atoms with E-state index in [2.05, 4.69) is 27.2 Å². The Labute approximate surface area is 106 Å². The van der Waals surface area contributed by atoms with Gasteiger partial charge in [-0.05, 0) is 19.0 Å². The zero-order valence-electron chi connectivity index (χ0n) is 10.4. The molecule has 2 rings (SSSR count). The first-order valence-corrected chi connectivity index (χ1v) is 6.02. The first kappa shape index (κ1) is 12.4. The number of hydrogen-bond donors (Lipinski definition) is 2. The van der Waals surface area contributed by atoms with Crippen molar-refractivity contribution in [2.24, 2.45) is 0 Å². The zero-order valence-corrected chi connectivity index (χ0v) is 10.4. The minimum atomic E-state index is -0.0626. The first-order valence-electron chi connectivity index (χ1n) is 6.02. The normalized spacial score (nSPS) is 12.3. The predicted octanol–water partition coefficient (Wildman–Crippen LogP) is 1.54. The Morgan fingerprint density at radius 2 is 2.17 bits per heavy atom. The molecule has 18 heavy (non-hydrogen) atoms. The molecule has 3 N–H and O–H groups in total. The van der Waals surface area contributed by atoms with Crippen LogP contribution in [0.1, 0.15) is 30.6 Å². The summed E-state index contributed by atoms with van der Waals surface area (Å²) in [5.41, 5.74) is 7.72. The number of pyridine rings is 1. The smallest absolute Gasteiger partial charge is 0.128 e. The Balaban J connectivity index is 2.34. The van der Waals surface area contributed by atoms with E-state index in [-0.39, 0.29) is 6.04 Å². The molecule has 1 unspecified atom stereocenters. The molecule has 2 aromatic rings. The second kappa shape index (κ2) is 6.07. The number of nitrogens with zero attached hydrogens (tertiary/aromatic N) is 3. The molecule has 5 nitrogen and oxygen atoms in total. The highest BCUT2D eigenvalue weighted by molar-refractivity contribution is 5.43. The standard InChI is InChI=1S/C13H17N5/c1-2-5-17-12(11-9-15-7-8-16-11)10-4-3-6-18-13(10)14/h3-4,6-9,12,17H,2,5H2,1H3,(H2,14,18). The molecule has 5 heteroatoms. The molecule has 0 saturated heterocycles. The minimum absolute atomic E-state index is 0.0626. The van der Waals surface area contributed by atoms with E-state index in [1.807, 2.05) is 12.1 Å². The average Bonchev–Trinajstić information content (AvgIpc) is 2.42. The van der Waals surface area contributed by atoms with Crippen molar-refractivity contribution in [2.75, 3.05) is 12.3 Å². The molecule has 0 fully saturated rings. The van der Waals surface area contributed by atoms with Gasteiger partial charge in [-0.3, -0.25) is 9.97 Å². The number of nitrogens with two attached hydrogens (primary N) is 1. The molecule has 2 aromatic heterocycles. The molecule has 0 aliphatic rings. The monoisotopic (exact) mass is 243 g/mol. The van der Waals surface area contributed by atoms with Gasteiger partial charge in [0.05, 0.1) is 17.9 Å². The van der Waals surface area contributed by atoms with Gasteiger partial charge in [-0.15, -0.1) is 0 Å². The van der Waals surface area contributed by atoms with E-state index in [1.54, 1.807) is 24.8 Å². The highest BCUT2D eigenvalue weighted by atomic mass is 15.0. The second-order valence-corrected chi connectivity index (χ2v) is 4.00. The third-order valence-corrected chi connectivity index (χ3v) is 2.66. The van der Waals surface area contributed by atoms with Gasteiger partial charge in [0.15, 0.2) is 0 Å². The van der Waals surface area contributed by atoms with Crippen LogP contribution >= 0.6 is 0 Å². The lowest BCUT2D eigenvalue weighted by atomic mass is 10.0. The Bertz CT molecular complexity index is 486. The fourth-order valence-corrected chi connectivity index (χ4v) is 1.80. The number of anilines is 1. The number of nitrogens with one attached hydrogen (secondary N) is 1. The quantitative estimate of drug-likeness (QED) is 0.833. The third kappa shape index (κ3) is 2.81. The van der Waals surface area contributed by atoms with Gasteiger partial charge in [0.25, 0.3) is 0 Å². The molecule has 0 spiro atoms. The number of rotatable bonds is 5. The van der Waals surface area contributed by atoms with Crippen molar-refractivity contribution in [1.29, 1.82) is 0 Å². The van der Waals surface area contributed by atoms with Crippen molar-refractivity contribution in [3.8, 4) is 0 Å². The van der Waals surface area contributed by atoms with E-state index in [0.717, 1.165) is 24.2 Å². The molecule has 0 saturated carbocycles. The first-order chi connectivity index (χ1) is 8.83. The fourth-order valence-electron chi connectivity index (χ4n) is 1.80. The van der Waals surface area contributed by atoms with E-state index in [1.165, 1.54) is 0 Å². The molecule has 0 radical (unpaired) electrons. The van der Waals surface area contributed by atoms with Gasteiger partial charge in [-0.1, -0.05) is 13.0 Å². The van der Waals surface area contributed by atoms with Gasteiger partial charge in [-0.2, -0.15) is 0 Å². The van der Waals surface area contributed by atoms with Crippen LogP contribution in [0.5, 0.6) is 0 Å². The Morgan fingerprint density at radius 1 is 1.28 bits per heavy atom. The number of aromatic nitrogens is 3. The SMILES string of the molecule is CCCNC(c1cnccn1)c1cccnc1N. The van der Waals surface area contributed by atoms with Gasteiger partial charge in [0.1, 0.15) is 5.82 Å². The van der Waals surface area contributed by atoms with Crippen molar-refractivity contribution in [3.05, 3.63) is 48.2 Å². The minimum Gasteiger partial charge on any atom is -0.383 e. The van der Waals surface area contributed by atoms with Crippen LogP contribution in [-0.2, 0) is 0 Å². The zero-order chi connectivity index (χ0) is 12.8. The summed E-state index contributed by atoms with van der Waals surface area (Å²) < 4.78 is 0. The Kier molecular flexibility index (Phi) is 4.20. The molecule has 0 aromatic carbocycles. The summed E-state index contributed by atoms with van der Waals surface area (Å²) in [6.07, 6.45) is 7.82. The molecule has 2 heterocycles. The lowest BCUT2D eigenvalue weighted by Crippen LogP contribution is -2.25.